The van der Waals surface area contributed by atoms with E-state index in [1.165, 1.54) is 6.07 Å². The van der Waals surface area contributed by atoms with Crippen LogP contribution in [0.2, 0.25) is 0 Å². The zero-order valence-electron chi connectivity index (χ0n) is 11.5. The molecule has 0 aliphatic carbocycles. The molecule has 0 saturated carbocycles. The maximum atomic E-state index is 13.4. The van der Waals surface area contributed by atoms with Crippen LogP contribution in [0.25, 0.3) is 0 Å². The number of hydrogen-bond acceptors (Lipinski definition) is 4. The minimum absolute atomic E-state index is 0.0719. The third-order valence-corrected chi connectivity index (χ3v) is 3.43. The van der Waals surface area contributed by atoms with Crippen molar-refractivity contribution >= 4 is 11.6 Å². The van der Waals surface area contributed by atoms with Crippen molar-refractivity contribution in [3.63, 3.8) is 0 Å². The Labute approximate surface area is 121 Å². The second-order valence-corrected chi connectivity index (χ2v) is 4.96. The Kier molecular flexibility index (Phi) is 5.21. The smallest absolute Gasteiger partial charge is 0.304 e. The number of nitrogens with one attached hydrogen (secondary N) is 1. The number of hydrogen-bond donors (Lipinski definition) is 1. The van der Waals surface area contributed by atoms with Gasteiger partial charge in [0.1, 0.15) is 0 Å². The summed E-state index contributed by atoms with van der Waals surface area (Å²) in [7, 11) is 0. The molecule has 1 saturated heterocycles. The minimum Gasteiger partial charge on any atom is -0.378 e. The maximum absolute atomic E-state index is 13.4. The quantitative estimate of drug-likeness (QED) is 0.668. The Morgan fingerprint density at radius 1 is 1.48 bits per heavy atom. The second-order valence-electron chi connectivity index (χ2n) is 4.96. The first-order valence-electron chi connectivity index (χ1n) is 6.91. The van der Waals surface area contributed by atoms with Crippen molar-refractivity contribution < 1.29 is 18.8 Å². The van der Waals surface area contributed by atoms with Crippen molar-refractivity contribution in [2.45, 2.75) is 31.8 Å². The van der Waals surface area contributed by atoms with E-state index in [9.17, 15) is 19.3 Å². The molecular weight excluding hydrogens is 279 g/mol. The van der Waals surface area contributed by atoms with Crippen LogP contribution in [-0.2, 0) is 4.74 Å². The van der Waals surface area contributed by atoms with Crippen molar-refractivity contribution in [2.75, 3.05) is 13.2 Å². The molecule has 1 N–H and O–H groups in total. The number of carbonyl (C=O) groups is 1. The molecule has 21 heavy (non-hydrogen) atoms. The van der Waals surface area contributed by atoms with Gasteiger partial charge in [-0.3, -0.25) is 14.9 Å². The molecule has 0 aromatic heterocycles. The number of nitro benzene ring substituents is 1. The number of amides is 1. The van der Waals surface area contributed by atoms with E-state index in [0.29, 0.717) is 13.0 Å². The lowest BCUT2D eigenvalue weighted by atomic mass is 10.1. The second kappa shape index (κ2) is 7.12. The highest BCUT2D eigenvalue weighted by Gasteiger charge is 2.17. The van der Waals surface area contributed by atoms with E-state index >= 15 is 0 Å². The predicted octanol–water partition coefficient (Wildman–Crippen LogP) is 2.42. The number of nitro groups is 1. The Morgan fingerprint density at radius 2 is 2.29 bits per heavy atom. The van der Waals surface area contributed by atoms with Crippen LogP contribution in [0.1, 0.15) is 36.0 Å². The van der Waals surface area contributed by atoms with Gasteiger partial charge in [0.15, 0.2) is 0 Å². The molecule has 1 aromatic carbocycles. The van der Waals surface area contributed by atoms with Crippen molar-refractivity contribution in [3.05, 3.63) is 39.7 Å². The van der Waals surface area contributed by atoms with Crippen molar-refractivity contribution in [1.29, 1.82) is 0 Å². The van der Waals surface area contributed by atoms with Crippen LogP contribution in [0.3, 0.4) is 0 Å². The highest BCUT2D eigenvalue weighted by molar-refractivity contribution is 5.94. The summed E-state index contributed by atoms with van der Waals surface area (Å²) < 4.78 is 19.0. The monoisotopic (exact) mass is 296 g/mol. The van der Waals surface area contributed by atoms with Gasteiger partial charge in [-0.05, 0) is 37.8 Å². The molecule has 1 atom stereocenters. The van der Waals surface area contributed by atoms with Gasteiger partial charge in [0.2, 0.25) is 5.82 Å². The number of ether oxygens (including phenoxy) is 1. The zero-order valence-corrected chi connectivity index (χ0v) is 11.5. The standard InChI is InChI=1S/C14H17FN2O4/c15-12-9-10(4-5-13(12)17(19)20)14(18)16-7-6-11-3-1-2-8-21-11/h4-5,9,11H,1-3,6-8H2,(H,16,18). The van der Waals surface area contributed by atoms with Gasteiger partial charge in [-0.15, -0.1) is 0 Å². The molecule has 1 aliphatic rings. The van der Waals surface area contributed by atoms with Gasteiger partial charge < -0.3 is 10.1 Å². The predicted molar refractivity (Wildman–Crippen MR) is 73.6 cm³/mol. The number of carbonyl (C=O) groups excluding carboxylic acids is 1. The lowest BCUT2D eigenvalue weighted by molar-refractivity contribution is -0.387. The summed E-state index contributed by atoms with van der Waals surface area (Å²) in [5, 5.41) is 13.2. The summed E-state index contributed by atoms with van der Waals surface area (Å²) >= 11 is 0. The Morgan fingerprint density at radius 3 is 2.90 bits per heavy atom. The van der Waals surface area contributed by atoms with E-state index < -0.39 is 22.3 Å². The Hall–Kier alpha value is -2.02. The van der Waals surface area contributed by atoms with Crippen LogP contribution in [-0.4, -0.2) is 30.1 Å². The first kappa shape index (κ1) is 15.4. The van der Waals surface area contributed by atoms with E-state index in [0.717, 1.165) is 38.0 Å². The fourth-order valence-corrected chi connectivity index (χ4v) is 2.28. The molecule has 0 radical (unpaired) electrons. The Bertz CT molecular complexity index is 530. The van der Waals surface area contributed by atoms with E-state index in [-0.39, 0.29) is 11.7 Å². The van der Waals surface area contributed by atoms with E-state index in [1.807, 2.05) is 0 Å². The molecule has 1 unspecified atom stereocenters. The fourth-order valence-electron chi connectivity index (χ4n) is 2.28. The molecule has 1 fully saturated rings. The molecule has 7 heteroatoms. The molecule has 114 valence electrons. The summed E-state index contributed by atoms with van der Waals surface area (Å²) in [6.07, 6.45) is 4.06. The highest BCUT2D eigenvalue weighted by atomic mass is 19.1. The van der Waals surface area contributed by atoms with Gasteiger partial charge in [0.05, 0.1) is 11.0 Å². The summed E-state index contributed by atoms with van der Waals surface area (Å²) in [5.74, 6) is -1.46. The first-order chi connectivity index (χ1) is 10.1. The van der Waals surface area contributed by atoms with E-state index in [2.05, 4.69) is 5.32 Å². The first-order valence-corrected chi connectivity index (χ1v) is 6.91. The molecular formula is C14H17FN2O4. The van der Waals surface area contributed by atoms with Gasteiger partial charge >= 0.3 is 5.69 Å². The lowest BCUT2D eigenvalue weighted by Gasteiger charge is -2.22. The zero-order chi connectivity index (χ0) is 15.2. The summed E-state index contributed by atoms with van der Waals surface area (Å²) in [6.45, 7) is 1.19. The molecule has 6 nitrogen and oxygen atoms in total. The van der Waals surface area contributed by atoms with Crippen LogP contribution in [0.5, 0.6) is 0 Å². The topological polar surface area (TPSA) is 81.5 Å². The summed E-state index contributed by atoms with van der Waals surface area (Å²) in [4.78, 5) is 21.5. The number of nitrogens with zero attached hydrogens (tertiary/aromatic N) is 1. The normalized spacial score (nSPS) is 18.2. The van der Waals surface area contributed by atoms with Crippen molar-refractivity contribution in [1.82, 2.24) is 5.32 Å². The number of rotatable bonds is 5. The molecule has 1 aromatic rings. The van der Waals surface area contributed by atoms with Gasteiger partial charge in [-0.25, -0.2) is 0 Å². The molecule has 2 rings (SSSR count). The van der Waals surface area contributed by atoms with Crippen molar-refractivity contribution in [3.8, 4) is 0 Å². The largest absolute Gasteiger partial charge is 0.378 e. The number of benzene rings is 1. The van der Waals surface area contributed by atoms with Gasteiger partial charge in [-0.2, -0.15) is 4.39 Å². The van der Waals surface area contributed by atoms with Gasteiger partial charge in [0, 0.05) is 24.8 Å². The summed E-state index contributed by atoms with van der Waals surface area (Å²) in [5.41, 5.74) is -0.565. The van der Waals surface area contributed by atoms with Crippen LogP contribution >= 0.6 is 0 Å². The lowest BCUT2D eigenvalue weighted by Crippen LogP contribution is -2.29. The van der Waals surface area contributed by atoms with E-state index in [4.69, 9.17) is 4.74 Å². The average molecular weight is 296 g/mol. The van der Waals surface area contributed by atoms with Crippen LogP contribution in [0, 0.1) is 15.9 Å². The van der Waals surface area contributed by atoms with Crippen molar-refractivity contribution in [2.24, 2.45) is 0 Å². The molecule has 0 spiro atoms. The highest BCUT2D eigenvalue weighted by Crippen LogP contribution is 2.18. The van der Waals surface area contributed by atoms with Gasteiger partial charge in [0.25, 0.3) is 5.91 Å². The van der Waals surface area contributed by atoms with Gasteiger partial charge in [-0.1, -0.05) is 0 Å². The van der Waals surface area contributed by atoms with E-state index in [1.54, 1.807) is 0 Å². The number of halogens is 1. The SMILES string of the molecule is O=C(NCCC1CCCCO1)c1ccc([N+](=O)[O-])c(F)c1. The Balaban J connectivity index is 1.85. The van der Waals surface area contributed by atoms with Crippen LogP contribution in [0.4, 0.5) is 10.1 Å². The summed E-state index contributed by atoms with van der Waals surface area (Å²) in [6, 6.07) is 3.12. The minimum atomic E-state index is -1.01. The maximum Gasteiger partial charge on any atom is 0.304 e. The third kappa shape index (κ3) is 4.22. The average Bonchev–Trinajstić information content (AvgIpc) is 2.47. The molecule has 1 aliphatic heterocycles. The molecule has 1 heterocycles. The third-order valence-electron chi connectivity index (χ3n) is 3.43. The molecule has 0 bridgehead atoms. The van der Waals surface area contributed by atoms with Crippen LogP contribution < -0.4 is 5.32 Å². The van der Waals surface area contributed by atoms with Crippen LogP contribution in [0.15, 0.2) is 18.2 Å². The molecule has 1 amide bonds. The fraction of sp³-hybridized carbons (Fsp3) is 0.500.